The molecule has 1 N–H and O–H groups in total. The van der Waals surface area contributed by atoms with E-state index in [9.17, 15) is 9.90 Å². The fourth-order valence-electron chi connectivity index (χ4n) is 5.52. The van der Waals surface area contributed by atoms with Crippen LogP contribution in [-0.4, -0.2) is 57.7 Å². The Kier molecular flexibility index (Phi) is 9.77. The molecule has 0 radical (unpaired) electrons. The van der Waals surface area contributed by atoms with Crippen LogP contribution in [0.4, 0.5) is 4.39 Å². The second kappa shape index (κ2) is 13.4. The number of alkyl halides is 1. The number of rotatable bonds is 13. The predicted molar refractivity (Wildman–Crippen MR) is 141 cm³/mol. The van der Waals surface area contributed by atoms with Crippen LogP contribution in [0.25, 0.3) is 10.9 Å². The molecule has 198 valence electrons. The molecule has 3 heterocycles. The summed E-state index contributed by atoms with van der Waals surface area (Å²) in [5, 5.41) is 10.1. The lowest BCUT2D eigenvalue weighted by Crippen LogP contribution is -2.41. The number of aliphatic carboxylic acids is 1. The Morgan fingerprint density at radius 1 is 1.14 bits per heavy atom. The third-order valence-corrected chi connectivity index (χ3v) is 7.56. The Morgan fingerprint density at radius 3 is 2.76 bits per heavy atom. The molecule has 0 bridgehead atoms. The van der Waals surface area contributed by atoms with Gasteiger partial charge in [-0.3, -0.25) is 9.78 Å². The lowest BCUT2D eigenvalue weighted by atomic mass is 9.79. The number of carbonyl (C=O) groups is 1. The largest absolute Gasteiger partial charge is 0.497 e. The zero-order chi connectivity index (χ0) is 26.0. The third-order valence-electron chi connectivity index (χ3n) is 7.56. The molecule has 2 aromatic heterocycles. The molecule has 2 unspecified atom stereocenters. The quantitative estimate of drug-likeness (QED) is 0.299. The van der Waals surface area contributed by atoms with Crippen LogP contribution in [0, 0.1) is 11.8 Å². The molecule has 1 saturated heterocycles. The van der Waals surface area contributed by atoms with E-state index in [-0.39, 0.29) is 12.3 Å². The van der Waals surface area contributed by atoms with Gasteiger partial charge in [-0.05, 0) is 99.3 Å². The van der Waals surface area contributed by atoms with Crippen LogP contribution < -0.4 is 4.74 Å². The third kappa shape index (κ3) is 7.68. The first kappa shape index (κ1) is 26.9. The van der Waals surface area contributed by atoms with E-state index < -0.39 is 12.1 Å². The van der Waals surface area contributed by atoms with Crippen molar-refractivity contribution < 1.29 is 19.0 Å². The lowest BCUT2D eigenvalue weighted by molar-refractivity contribution is -0.137. The minimum atomic E-state index is -1.10. The Morgan fingerprint density at radius 2 is 1.97 bits per heavy atom. The van der Waals surface area contributed by atoms with Gasteiger partial charge in [-0.25, -0.2) is 14.4 Å². The number of hydrogen-bond acceptors (Lipinski definition) is 6. The second-order valence-corrected chi connectivity index (χ2v) is 9.99. The van der Waals surface area contributed by atoms with Crippen molar-refractivity contribution >= 4 is 16.9 Å². The van der Waals surface area contributed by atoms with Crippen molar-refractivity contribution in [2.75, 3.05) is 26.7 Å². The fraction of sp³-hybridized carbons (Fsp3) is 0.517. The molecule has 1 fully saturated rings. The van der Waals surface area contributed by atoms with E-state index in [2.05, 4.69) is 19.9 Å². The smallest absolute Gasteiger partial charge is 0.303 e. The van der Waals surface area contributed by atoms with E-state index in [0.717, 1.165) is 68.5 Å². The van der Waals surface area contributed by atoms with Gasteiger partial charge in [-0.15, -0.1) is 0 Å². The number of fused-ring (bicyclic) bond motifs is 1. The van der Waals surface area contributed by atoms with Crippen LogP contribution in [-0.2, 0) is 11.2 Å². The van der Waals surface area contributed by atoms with Crippen molar-refractivity contribution in [3.63, 3.8) is 0 Å². The van der Waals surface area contributed by atoms with E-state index in [0.29, 0.717) is 30.1 Å². The van der Waals surface area contributed by atoms with Gasteiger partial charge < -0.3 is 14.7 Å². The Labute approximate surface area is 218 Å². The highest BCUT2D eigenvalue weighted by Crippen LogP contribution is 2.36. The summed E-state index contributed by atoms with van der Waals surface area (Å²) in [4.78, 5) is 26.7. The molecule has 1 aliphatic heterocycles. The minimum absolute atomic E-state index is 0.161. The van der Waals surface area contributed by atoms with E-state index >= 15 is 4.39 Å². The second-order valence-electron chi connectivity index (χ2n) is 9.99. The minimum Gasteiger partial charge on any atom is -0.497 e. The van der Waals surface area contributed by atoms with E-state index in [4.69, 9.17) is 4.74 Å². The number of pyridine rings is 1. The number of ether oxygens (including phenoxy) is 1. The molecule has 37 heavy (non-hydrogen) atoms. The fourth-order valence-corrected chi connectivity index (χ4v) is 5.52. The van der Waals surface area contributed by atoms with Gasteiger partial charge in [0.05, 0.1) is 12.6 Å². The van der Waals surface area contributed by atoms with Gasteiger partial charge in [-0.1, -0.05) is 0 Å². The number of carboxylic acids is 1. The molecule has 3 atom stereocenters. The standard InChI is InChI=1S/C29H37FN4O3/c1-37-23-8-10-27-25(19-23)24(12-16-31-27)26(30)9-6-21-13-18-34(20-22(21)7-11-29(35)36)17-3-2-5-28-32-14-4-15-33-28/h4,8,10,12,14-16,19,21-22,26H,2-3,5-7,9,11,13,17-18,20H2,1H3,(H,35,36)/t21?,22?,26-/m0/s1. The lowest BCUT2D eigenvalue weighted by Gasteiger charge is -2.39. The molecule has 0 amide bonds. The number of piperidine rings is 1. The molecule has 0 saturated carbocycles. The summed E-state index contributed by atoms with van der Waals surface area (Å²) in [6.45, 7) is 2.84. The number of aryl methyl sites for hydroxylation is 1. The Hall–Kier alpha value is -3.13. The number of methoxy groups -OCH3 is 1. The summed E-state index contributed by atoms with van der Waals surface area (Å²) in [5.74, 6) is 1.39. The zero-order valence-electron chi connectivity index (χ0n) is 21.6. The van der Waals surface area contributed by atoms with Gasteiger partial charge in [0.1, 0.15) is 17.7 Å². The van der Waals surface area contributed by atoms with Gasteiger partial charge in [0.15, 0.2) is 0 Å². The van der Waals surface area contributed by atoms with Crippen LogP contribution in [0.1, 0.15) is 62.5 Å². The van der Waals surface area contributed by atoms with E-state index in [1.807, 2.05) is 24.3 Å². The number of likely N-dealkylation sites (tertiary alicyclic amines) is 1. The van der Waals surface area contributed by atoms with Gasteiger partial charge in [0, 0.05) is 43.4 Å². The molecule has 0 spiro atoms. The number of nitrogens with zero attached hydrogens (tertiary/aromatic N) is 4. The van der Waals surface area contributed by atoms with Gasteiger partial charge >= 0.3 is 5.97 Å². The molecular formula is C29H37FN4O3. The van der Waals surface area contributed by atoms with Crippen molar-refractivity contribution in [3.8, 4) is 5.75 Å². The summed E-state index contributed by atoms with van der Waals surface area (Å²) in [6.07, 6.45) is 10.0. The predicted octanol–water partition coefficient (Wildman–Crippen LogP) is 5.65. The number of unbranched alkanes of at least 4 members (excludes halogenated alkanes) is 1. The van der Waals surface area contributed by atoms with E-state index in [1.54, 1.807) is 31.8 Å². The summed E-state index contributed by atoms with van der Waals surface area (Å²) in [7, 11) is 1.60. The molecule has 8 heteroatoms. The number of aromatic nitrogens is 3. The number of benzene rings is 1. The monoisotopic (exact) mass is 508 g/mol. The normalized spacial score (nSPS) is 19.1. The first-order valence-electron chi connectivity index (χ1n) is 13.3. The van der Waals surface area contributed by atoms with Crippen molar-refractivity contribution in [1.82, 2.24) is 19.9 Å². The highest BCUT2D eigenvalue weighted by atomic mass is 19.1. The van der Waals surface area contributed by atoms with Crippen LogP contribution in [0.5, 0.6) is 5.75 Å². The molecule has 4 rings (SSSR count). The molecule has 1 aliphatic rings. The Bertz CT molecular complexity index is 1150. The summed E-state index contributed by atoms with van der Waals surface area (Å²) >= 11 is 0. The molecular weight excluding hydrogens is 471 g/mol. The van der Waals surface area contributed by atoms with Crippen molar-refractivity contribution in [2.45, 2.75) is 57.5 Å². The van der Waals surface area contributed by atoms with Crippen molar-refractivity contribution in [3.05, 3.63) is 60.3 Å². The maximum atomic E-state index is 15.5. The van der Waals surface area contributed by atoms with Crippen LogP contribution in [0.3, 0.4) is 0 Å². The molecule has 1 aromatic carbocycles. The highest BCUT2D eigenvalue weighted by Gasteiger charge is 2.30. The summed E-state index contributed by atoms with van der Waals surface area (Å²) in [6, 6.07) is 9.13. The molecule has 7 nitrogen and oxygen atoms in total. The first-order valence-corrected chi connectivity index (χ1v) is 13.3. The maximum absolute atomic E-state index is 15.5. The van der Waals surface area contributed by atoms with Gasteiger partial charge in [0.2, 0.25) is 0 Å². The molecule has 0 aliphatic carbocycles. The summed E-state index contributed by atoms with van der Waals surface area (Å²) < 4.78 is 20.9. The zero-order valence-corrected chi connectivity index (χ0v) is 21.6. The average molecular weight is 509 g/mol. The van der Waals surface area contributed by atoms with Crippen molar-refractivity contribution in [2.24, 2.45) is 11.8 Å². The van der Waals surface area contributed by atoms with Crippen LogP contribution >= 0.6 is 0 Å². The average Bonchev–Trinajstić information content (AvgIpc) is 2.93. The first-order chi connectivity index (χ1) is 18.0. The van der Waals surface area contributed by atoms with Crippen molar-refractivity contribution in [1.29, 1.82) is 0 Å². The Balaban J connectivity index is 1.32. The topological polar surface area (TPSA) is 88.4 Å². The van der Waals surface area contributed by atoms with E-state index in [1.165, 1.54) is 0 Å². The molecule has 3 aromatic rings. The van der Waals surface area contributed by atoms with Gasteiger partial charge in [0.25, 0.3) is 0 Å². The maximum Gasteiger partial charge on any atom is 0.303 e. The van der Waals surface area contributed by atoms with Crippen LogP contribution in [0.2, 0.25) is 0 Å². The number of halogens is 1. The number of carboxylic acid groups (broad SMARTS) is 1. The van der Waals surface area contributed by atoms with Crippen LogP contribution in [0.15, 0.2) is 48.9 Å². The number of hydrogen-bond donors (Lipinski definition) is 1. The van der Waals surface area contributed by atoms with Gasteiger partial charge in [-0.2, -0.15) is 0 Å². The SMILES string of the molecule is COc1ccc2nccc([C@@H](F)CCC3CCN(CCCCc4ncccn4)CC3CCC(=O)O)c2c1. The highest BCUT2D eigenvalue weighted by molar-refractivity contribution is 5.83. The summed E-state index contributed by atoms with van der Waals surface area (Å²) in [5.41, 5.74) is 1.40.